The van der Waals surface area contributed by atoms with E-state index in [4.69, 9.17) is 0 Å². The minimum absolute atomic E-state index is 0.0571. The molecule has 0 unspecified atom stereocenters. The lowest BCUT2D eigenvalue weighted by Crippen LogP contribution is -2.14. The summed E-state index contributed by atoms with van der Waals surface area (Å²) in [7, 11) is 0. The van der Waals surface area contributed by atoms with E-state index in [1.165, 1.54) is 37.3 Å². The number of hydrogen-bond acceptors (Lipinski definition) is 7. The molecule has 0 radical (unpaired) electrons. The molecule has 9 nitrogen and oxygen atoms in total. The number of non-ortho nitro benzene ring substituents is 1. The average Bonchev–Trinajstić information content (AvgIpc) is 3.10. The zero-order valence-electron chi connectivity index (χ0n) is 13.9. The third-order valence-electron chi connectivity index (χ3n) is 3.82. The normalized spacial score (nSPS) is 10.4. The maximum atomic E-state index is 12.4. The molecule has 0 spiro atoms. The van der Waals surface area contributed by atoms with Crippen LogP contribution in [0.2, 0.25) is 0 Å². The van der Waals surface area contributed by atoms with Crippen molar-refractivity contribution in [3.05, 3.63) is 79.2 Å². The third kappa shape index (κ3) is 3.80. The Bertz CT molecular complexity index is 1060. The van der Waals surface area contributed by atoms with E-state index in [1.54, 1.807) is 17.5 Å². The van der Waals surface area contributed by atoms with Crippen molar-refractivity contribution < 1.29 is 14.6 Å². The van der Waals surface area contributed by atoms with E-state index in [0.29, 0.717) is 11.3 Å². The Kier molecular flexibility index (Phi) is 4.90. The quantitative estimate of drug-likeness (QED) is 0.519. The molecule has 10 heteroatoms. The van der Waals surface area contributed by atoms with Crippen LogP contribution < -0.4 is 5.32 Å². The van der Waals surface area contributed by atoms with Gasteiger partial charge in [-0.15, -0.1) is 11.3 Å². The first kappa shape index (κ1) is 18.1. The molecule has 2 aromatic carbocycles. The molecular formula is C17H12N4O5S. The maximum absolute atomic E-state index is 12.4. The molecule has 0 aliphatic carbocycles. The largest absolute Gasteiger partial charge is 0.298 e. The summed E-state index contributed by atoms with van der Waals surface area (Å²) in [4.78, 5) is 37.6. The van der Waals surface area contributed by atoms with Crippen LogP contribution in [0.3, 0.4) is 0 Å². The maximum Gasteiger partial charge on any atom is 0.273 e. The molecule has 1 N–H and O–H groups in total. The molecule has 0 saturated carbocycles. The topological polar surface area (TPSA) is 128 Å². The fourth-order valence-corrected chi connectivity index (χ4v) is 3.19. The first-order chi connectivity index (χ1) is 12.9. The van der Waals surface area contributed by atoms with Crippen LogP contribution in [0.15, 0.2) is 47.8 Å². The second-order valence-corrected chi connectivity index (χ2v) is 6.36. The van der Waals surface area contributed by atoms with Gasteiger partial charge in [0.05, 0.1) is 15.5 Å². The van der Waals surface area contributed by atoms with Crippen molar-refractivity contribution in [3.63, 3.8) is 0 Å². The van der Waals surface area contributed by atoms with Crippen LogP contribution in [0.25, 0.3) is 11.3 Å². The van der Waals surface area contributed by atoms with Gasteiger partial charge in [0.2, 0.25) is 0 Å². The van der Waals surface area contributed by atoms with Crippen LogP contribution >= 0.6 is 11.3 Å². The van der Waals surface area contributed by atoms with Crippen molar-refractivity contribution in [2.24, 2.45) is 0 Å². The van der Waals surface area contributed by atoms with E-state index in [1.807, 2.05) is 0 Å². The summed E-state index contributed by atoms with van der Waals surface area (Å²) in [6.07, 6.45) is 0. The van der Waals surface area contributed by atoms with Crippen LogP contribution in [0.1, 0.15) is 15.9 Å². The first-order valence-corrected chi connectivity index (χ1v) is 8.50. The number of anilines is 1. The molecule has 0 saturated heterocycles. The van der Waals surface area contributed by atoms with E-state index in [9.17, 15) is 25.0 Å². The first-order valence-electron chi connectivity index (χ1n) is 7.62. The second-order valence-electron chi connectivity index (χ2n) is 5.51. The number of thiazole rings is 1. The van der Waals surface area contributed by atoms with Crippen molar-refractivity contribution >= 4 is 33.8 Å². The summed E-state index contributed by atoms with van der Waals surface area (Å²) in [6.45, 7) is 1.50. The summed E-state index contributed by atoms with van der Waals surface area (Å²) in [5, 5.41) is 26.4. The molecule has 1 heterocycles. The van der Waals surface area contributed by atoms with Gasteiger partial charge in [0.25, 0.3) is 17.3 Å². The highest BCUT2D eigenvalue weighted by molar-refractivity contribution is 7.14. The molecule has 136 valence electrons. The van der Waals surface area contributed by atoms with Gasteiger partial charge in [-0.3, -0.25) is 30.3 Å². The predicted molar refractivity (Wildman–Crippen MR) is 100.0 cm³/mol. The van der Waals surface area contributed by atoms with Crippen molar-refractivity contribution in [1.82, 2.24) is 4.98 Å². The smallest absolute Gasteiger partial charge is 0.273 e. The molecule has 27 heavy (non-hydrogen) atoms. The van der Waals surface area contributed by atoms with E-state index in [0.717, 1.165) is 11.3 Å². The number of carbonyl (C=O) groups excluding carboxylic acids is 1. The zero-order chi connectivity index (χ0) is 19.6. The molecule has 0 aliphatic heterocycles. The average molecular weight is 384 g/mol. The van der Waals surface area contributed by atoms with Crippen LogP contribution in [-0.4, -0.2) is 20.7 Å². The SMILES string of the molecule is Cc1c(C(=O)Nc2nc(-c3cccc([N+](=O)[O-])c3)cs2)cccc1[N+](=O)[O-]. The van der Waals surface area contributed by atoms with Crippen LogP contribution in [0.5, 0.6) is 0 Å². The fraction of sp³-hybridized carbons (Fsp3) is 0.0588. The Morgan fingerprint density at radius 1 is 1.11 bits per heavy atom. The summed E-state index contributed by atoms with van der Waals surface area (Å²) in [5.74, 6) is -0.517. The van der Waals surface area contributed by atoms with Gasteiger partial charge in [-0.2, -0.15) is 0 Å². The van der Waals surface area contributed by atoms with Gasteiger partial charge in [0.1, 0.15) is 0 Å². The van der Waals surface area contributed by atoms with E-state index in [2.05, 4.69) is 10.3 Å². The highest BCUT2D eigenvalue weighted by Gasteiger charge is 2.19. The summed E-state index contributed by atoms with van der Waals surface area (Å²) >= 11 is 1.15. The Morgan fingerprint density at radius 2 is 1.85 bits per heavy atom. The van der Waals surface area contributed by atoms with Gasteiger partial charge in [-0.25, -0.2) is 4.98 Å². The van der Waals surface area contributed by atoms with Crippen LogP contribution in [0, 0.1) is 27.2 Å². The lowest BCUT2D eigenvalue weighted by Gasteiger charge is -2.05. The molecule has 3 rings (SSSR count). The number of nitrogens with one attached hydrogen (secondary N) is 1. The summed E-state index contributed by atoms with van der Waals surface area (Å²) in [5.41, 5.74) is 1.27. The van der Waals surface area contributed by atoms with E-state index in [-0.39, 0.29) is 27.6 Å². The zero-order valence-corrected chi connectivity index (χ0v) is 14.7. The van der Waals surface area contributed by atoms with Gasteiger partial charge in [-0.05, 0) is 13.0 Å². The van der Waals surface area contributed by atoms with Gasteiger partial charge >= 0.3 is 0 Å². The summed E-state index contributed by atoms with van der Waals surface area (Å²) in [6, 6.07) is 10.3. The number of amides is 1. The van der Waals surface area contributed by atoms with Crippen LogP contribution in [0.4, 0.5) is 16.5 Å². The highest BCUT2D eigenvalue weighted by atomic mass is 32.1. The van der Waals surface area contributed by atoms with Gasteiger partial charge < -0.3 is 0 Å². The standard InChI is InChI=1S/C17H12N4O5S/c1-10-13(6-3-7-15(10)21(25)26)16(22)19-17-18-14(9-27-17)11-4-2-5-12(8-11)20(23)24/h2-9H,1H3,(H,18,19,22). The highest BCUT2D eigenvalue weighted by Crippen LogP contribution is 2.28. The van der Waals surface area contributed by atoms with E-state index < -0.39 is 15.8 Å². The van der Waals surface area contributed by atoms with Crippen molar-refractivity contribution in [2.75, 3.05) is 5.32 Å². The number of benzene rings is 2. The molecule has 1 aromatic heterocycles. The third-order valence-corrected chi connectivity index (χ3v) is 4.58. The number of carbonyl (C=O) groups is 1. The number of hydrogen-bond donors (Lipinski definition) is 1. The number of aromatic nitrogens is 1. The number of nitro benzene ring substituents is 2. The van der Waals surface area contributed by atoms with E-state index >= 15 is 0 Å². The van der Waals surface area contributed by atoms with Gasteiger partial charge in [-0.1, -0.05) is 18.2 Å². The second kappa shape index (κ2) is 7.30. The molecule has 1 amide bonds. The number of rotatable bonds is 5. The fourth-order valence-electron chi connectivity index (χ4n) is 2.47. The Morgan fingerprint density at radius 3 is 2.56 bits per heavy atom. The Hall–Kier alpha value is -3.66. The molecular weight excluding hydrogens is 372 g/mol. The number of nitrogens with zero attached hydrogens (tertiary/aromatic N) is 3. The van der Waals surface area contributed by atoms with Crippen molar-refractivity contribution in [2.45, 2.75) is 6.92 Å². The molecule has 3 aromatic rings. The monoisotopic (exact) mass is 384 g/mol. The lowest BCUT2D eigenvalue weighted by atomic mass is 10.1. The Labute approximate surface area is 156 Å². The lowest BCUT2D eigenvalue weighted by molar-refractivity contribution is -0.385. The minimum atomic E-state index is -0.546. The molecule has 0 bridgehead atoms. The molecule has 0 aliphatic rings. The Balaban J connectivity index is 1.83. The van der Waals surface area contributed by atoms with Crippen LogP contribution in [-0.2, 0) is 0 Å². The predicted octanol–water partition coefficient (Wildman–Crippen LogP) is 4.19. The molecule has 0 fully saturated rings. The number of nitro groups is 2. The molecule has 0 atom stereocenters. The van der Waals surface area contributed by atoms with Gasteiger partial charge in [0, 0.05) is 40.3 Å². The van der Waals surface area contributed by atoms with Gasteiger partial charge in [0.15, 0.2) is 5.13 Å². The van der Waals surface area contributed by atoms with Crippen molar-refractivity contribution in [3.8, 4) is 11.3 Å². The summed E-state index contributed by atoms with van der Waals surface area (Å²) < 4.78 is 0. The minimum Gasteiger partial charge on any atom is -0.298 e. The van der Waals surface area contributed by atoms with Crippen molar-refractivity contribution in [1.29, 1.82) is 0 Å².